The third-order valence-electron chi connectivity index (χ3n) is 4.23. The number of imidazole rings is 1. The Hall–Kier alpha value is -0.830. The molecule has 0 aromatic carbocycles. The van der Waals surface area contributed by atoms with Gasteiger partial charge in [0.05, 0.1) is 0 Å². The van der Waals surface area contributed by atoms with Gasteiger partial charge in [0.2, 0.25) is 0 Å². The molecular formula is C15H26N2O. The number of aryl methyl sites for hydroxylation is 1. The molecule has 1 fully saturated rings. The molecule has 1 aliphatic carbocycles. The molecule has 102 valence electrons. The van der Waals surface area contributed by atoms with Crippen molar-refractivity contribution in [3.8, 4) is 0 Å². The average Bonchev–Trinajstić information content (AvgIpc) is 2.82. The summed E-state index contributed by atoms with van der Waals surface area (Å²) in [6.45, 7) is 5.36. The average molecular weight is 250 g/mol. The van der Waals surface area contributed by atoms with Gasteiger partial charge in [-0.2, -0.15) is 0 Å². The molecule has 18 heavy (non-hydrogen) atoms. The van der Waals surface area contributed by atoms with E-state index < -0.39 is 5.60 Å². The first-order valence-electron chi connectivity index (χ1n) is 7.43. The highest BCUT2D eigenvalue weighted by Crippen LogP contribution is 2.40. The Bertz CT molecular complexity index is 364. The lowest BCUT2D eigenvalue weighted by Gasteiger charge is -2.35. The molecule has 1 heterocycles. The normalized spacial score (nSPS) is 28.5. The van der Waals surface area contributed by atoms with Gasteiger partial charge in [-0.05, 0) is 38.0 Å². The highest BCUT2D eigenvalue weighted by molar-refractivity contribution is 5.06. The van der Waals surface area contributed by atoms with Crippen molar-refractivity contribution in [1.29, 1.82) is 0 Å². The lowest BCUT2D eigenvalue weighted by atomic mass is 9.77. The molecular weight excluding hydrogens is 224 g/mol. The van der Waals surface area contributed by atoms with Crippen LogP contribution in [0.3, 0.4) is 0 Å². The Labute approximate surface area is 110 Å². The molecule has 3 heteroatoms. The molecule has 0 bridgehead atoms. The van der Waals surface area contributed by atoms with E-state index >= 15 is 0 Å². The second-order valence-corrected chi connectivity index (χ2v) is 5.71. The minimum Gasteiger partial charge on any atom is -0.382 e. The number of hydrogen-bond donors (Lipinski definition) is 1. The zero-order valence-electron chi connectivity index (χ0n) is 11.7. The molecule has 3 nitrogen and oxygen atoms in total. The second-order valence-electron chi connectivity index (χ2n) is 5.71. The van der Waals surface area contributed by atoms with Crippen molar-refractivity contribution < 1.29 is 5.11 Å². The van der Waals surface area contributed by atoms with Crippen LogP contribution in [0.5, 0.6) is 0 Å². The molecule has 0 amide bonds. The SMILES string of the molecule is CCCC1CCC(O)(c2nccn2CCC)CC1. The standard InChI is InChI=1S/C15H26N2O/c1-3-5-13-6-8-15(18,9-7-13)14-16-10-12-17(14)11-4-2/h10,12-13,18H,3-9,11H2,1-2H3. The van der Waals surface area contributed by atoms with Crippen LogP contribution in [0, 0.1) is 5.92 Å². The summed E-state index contributed by atoms with van der Waals surface area (Å²) in [7, 11) is 0. The maximum Gasteiger partial charge on any atom is 0.140 e. The smallest absolute Gasteiger partial charge is 0.140 e. The van der Waals surface area contributed by atoms with Crippen LogP contribution in [0.1, 0.15) is 64.6 Å². The largest absolute Gasteiger partial charge is 0.382 e. The molecule has 0 aliphatic heterocycles. The van der Waals surface area contributed by atoms with Crippen molar-refractivity contribution in [2.24, 2.45) is 5.92 Å². The van der Waals surface area contributed by atoms with Crippen LogP contribution in [-0.2, 0) is 12.1 Å². The first-order valence-corrected chi connectivity index (χ1v) is 7.43. The monoisotopic (exact) mass is 250 g/mol. The summed E-state index contributed by atoms with van der Waals surface area (Å²) in [5, 5.41) is 10.8. The minimum atomic E-state index is -0.678. The summed E-state index contributed by atoms with van der Waals surface area (Å²) in [6.07, 6.45) is 11.5. The molecule has 1 aromatic rings. The maximum atomic E-state index is 10.8. The molecule has 1 aromatic heterocycles. The lowest BCUT2D eigenvalue weighted by Crippen LogP contribution is -2.34. The summed E-state index contributed by atoms with van der Waals surface area (Å²) in [5.41, 5.74) is -0.678. The predicted molar refractivity (Wildman–Crippen MR) is 73.3 cm³/mol. The van der Waals surface area contributed by atoms with E-state index in [1.165, 1.54) is 12.8 Å². The van der Waals surface area contributed by atoms with Crippen molar-refractivity contribution in [1.82, 2.24) is 9.55 Å². The summed E-state index contributed by atoms with van der Waals surface area (Å²) in [5.74, 6) is 1.70. The van der Waals surface area contributed by atoms with Gasteiger partial charge in [-0.3, -0.25) is 0 Å². The summed E-state index contributed by atoms with van der Waals surface area (Å²) in [6, 6.07) is 0. The molecule has 1 saturated carbocycles. The van der Waals surface area contributed by atoms with Crippen LogP contribution in [0.4, 0.5) is 0 Å². The molecule has 2 rings (SSSR count). The Morgan fingerprint density at radius 2 is 2.06 bits per heavy atom. The second kappa shape index (κ2) is 5.87. The summed E-state index contributed by atoms with van der Waals surface area (Å²) < 4.78 is 2.13. The molecule has 0 spiro atoms. The summed E-state index contributed by atoms with van der Waals surface area (Å²) in [4.78, 5) is 4.41. The van der Waals surface area contributed by atoms with Crippen molar-refractivity contribution in [2.45, 2.75) is 70.9 Å². The van der Waals surface area contributed by atoms with E-state index in [0.29, 0.717) is 0 Å². The molecule has 0 saturated heterocycles. The van der Waals surface area contributed by atoms with Gasteiger partial charge in [0, 0.05) is 18.9 Å². The number of rotatable bonds is 5. The Morgan fingerprint density at radius 3 is 2.67 bits per heavy atom. The zero-order valence-corrected chi connectivity index (χ0v) is 11.7. The first kappa shape index (κ1) is 13.6. The Morgan fingerprint density at radius 1 is 1.33 bits per heavy atom. The van der Waals surface area contributed by atoms with Crippen molar-refractivity contribution >= 4 is 0 Å². The third kappa shape index (κ3) is 2.77. The van der Waals surface area contributed by atoms with Crippen LogP contribution < -0.4 is 0 Å². The first-order chi connectivity index (χ1) is 8.69. The number of aliphatic hydroxyl groups is 1. The minimum absolute atomic E-state index is 0.678. The number of aromatic nitrogens is 2. The predicted octanol–water partition coefficient (Wildman–Crippen LogP) is 3.47. The van der Waals surface area contributed by atoms with Gasteiger partial charge in [-0.1, -0.05) is 26.7 Å². The number of hydrogen-bond acceptors (Lipinski definition) is 2. The molecule has 0 radical (unpaired) electrons. The third-order valence-corrected chi connectivity index (χ3v) is 4.23. The van der Waals surface area contributed by atoms with Crippen molar-refractivity contribution in [3.63, 3.8) is 0 Å². The molecule has 0 unspecified atom stereocenters. The fourth-order valence-electron chi connectivity index (χ4n) is 3.21. The number of nitrogens with zero attached hydrogens (tertiary/aromatic N) is 2. The molecule has 0 atom stereocenters. The van der Waals surface area contributed by atoms with Gasteiger partial charge in [0.1, 0.15) is 11.4 Å². The van der Waals surface area contributed by atoms with Gasteiger partial charge < -0.3 is 9.67 Å². The maximum absolute atomic E-state index is 10.8. The topological polar surface area (TPSA) is 38.1 Å². The lowest BCUT2D eigenvalue weighted by molar-refractivity contribution is -0.0257. The highest BCUT2D eigenvalue weighted by Gasteiger charge is 2.37. The van der Waals surface area contributed by atoms with Crippen molar-refractivity contribution in [2.75, 3.05) is 0 Å². The summed E-state index contributed by atoms with van der Waals surface area (Å²) >= 11 is 0. The fraction of sp³-hybridized carbons (Fsp3) is 0.800. The Kier molecular flexibility index (Phi) is 4.44. The van der Waals surface area contributed by atoms with E-state index in [4.69, 9.17) is 0 Å². The van der Waals surface area contributed by atoms with Gasteiger partial charge in [-0.25, -0.2) is 4.98 Å². The molecule has 1 aliphatic rings. The van der Waals surface area contributed by atoms with Gasteiger partial charge in [0.25, 0.3) is 0 Å². The van der Waals surface area contributed by atoms with E-state index in [9.17, 15) is 5.11 Å². The van der Waals surface area contributed by atoms with Crippen LogP contribution in [0.15, 0.2) is 12.4 Å². The van der Waals surface area contributed by atoms with Gasteiger partial charge in [-0.15, -0.1) is 0 Å². The Balaban J connectivity index is 2.06. The molecule has 1 N–H and O–H groups in total. The van der Waals surface area contributed by atoms with E-state index in [2.05, 4.69) is 23.4 Å². The van der Waals surface area contributed by atoms with E-state index in [1.54, 1.807) is 0 Å². The van der Waals surface area contributed by atoms with Crippen molar-refractivity contribution in [3.05, 3.63) is 18.2 Å². The quantitative estimate of drug-likeness (QED) is 0.869. The van der Waals surface area contributed by atoms with Gasteiger partial charge >= 0.3 is 0 Å². The van der Waals surface area contributed by atoms with Crippen LogP contribution in [0.2, 0.25) is 0 Å². The van der Waals surface area contributed by atoms with Crippen LogP contribution in [0.25, 0.3) is 0 Å². The zero-order chi connectivity index (χ0) is 13.0. The van der Waals surface area contributed by atoms with Crippen LogP contribution >= 0.6 is 0 Å². The van der Waals surface area contributed by atoms with E-state index in [0.717, 1.165) is 50.4 Å². The van der Waals surface area contributed by atoms with E-state index in [1.807, 2.05) is 12.4 Å². The highest BCUT2D eigenvalue weighted by atomic mass is 16.3. The van der Waals surface area contributed by atoms with Crippen LogP contribution in [-0.4, -0.2) is 14.7 Å². The van der Waals surface area contributed by atoms with E-state index in [-0.39, 0.29) is 0 Å². The fourth-order valence-corrected chi connectivity index (χ4v) is 3.21. The van der Waals surface area contributed by atoms with Gasteiger partial charge in [0.15, 0.2) is 0 Å².